The maximum absolute atomic E-state index is 13.1. The zero-order valence-corrected chi connectivity index (χ0v) is 24.1. The summed E-state index contributed by atoms with van der Waals surface area (Å²) in [6.07, 6.45) is 1.26. The van der Waals surface area contributed by atoms with Crippen molar-refractivity contribution in [3.05, 3.63) is 90.3 Å². The standard InChI is InChI=1S/C24H14Br2Cl2N2O6S/c1-12-2-5-15(11-20(12)28)30-23(32)17(22(31)29-24(30)33)8-13-9-18(25)21(19(26)10-13)36-37(34,35)16-6-3-14(27)4-7-16/h2-11H,1H3,(H,29,31,33)/b17-8+. The lowest BCUT2D eigenvalue weighted by Gasteiger charge is -2.26. The van der Waals surface area contributed by atoms with Gasteiger partial charge >= 0.3 is 16.1 Å². The van der Waals surface area contributed by atoms with Crippen molar-refractivity contribution in [3.63, 3.8) is 0 Å². The lowest BCUT2D eigenvalue weighted by molar-refractivity contribution is -0.122. The monoisotopic (exact) mass is 686 g/mol. The van der Waals surface area contributed by atoms with Crippen molar-refractivity contribution >= 4 is 94.8 Å². The number of aryl methyl sites for hydroxylation is 1. The minimum absolute atomic E-state index is 0.0531. The van der Waals surface area contributed by atoms with Gasteiger partial charge in [0, 0.05) is 10.0 Å². The van der Waals surface area contributed by atoms with Crippen LogP contribution in [0.1, 0.15) is 11.1 Å². The lowest BCUT2D eigenvalue weighted by atomic mass is 10.1. The van der Waals surface area contributed by atoms with Crippen LogP contribution in [0.5, 0.6) is 5.75 Å². The molecule has 0 radical (unpaired) electrons. The van der Waals surface area contributed by atoms with Crippen LogP contribution in [0.25, 0.3) is 6.08 Å². The minimum Gasteiger partial charge on any atom is -0.377 e. The summed E-state index contributed by atoms with van der Waals surface area (Å²) >= 11 is 18.5. The van der Waals surface area contributed by atoms with Crippen LogP contribution in [0, 0.1) is 6.92 Å². The molecule has 4 amide bonds. The molecule has 0 saturated carbocycles. The number of halogens is 4. The van der Waals surface area contributed by atoms with Crippen LogP contribution < -0.4 is 14.4 Å². The number of anilines is 1. The van der Waals surface area contributed by atoms with Gasteiger partial charge in [-0.05, 0) is 105 Å². The van der Waals surface area contributed by atoms with E-state index in [4.69, 9.17) is 27.4 Å². The van der Waals surface area contributed by atoms with Crippen molar-refractivity contribution in [1.29, 1.82) is 0 Å². The number of hydrogen-bond acceptors (Lipinski definition) is 6. The first-order valence-corrected chi connectivity index (χ1v) is 14.0. The number of nitrogens with zero attached hydrogens (tertiary/aromatic N) is 1. The molecule has 0 unspecified atom stereocenters. The van der Waals surface area contributed by atoms with E-state index in [0.717, 1.165) is 10.5 Å². The van der Waals surface area contributed by atoms with E-state index < -0.39 is 28.0 Å². The molecule has 8 nitrogen and oxygen atoms in total. The van der Waals surface area contributed by atoms with E-state index in [0.29, 0.717) is 15.6 Å². The zero-order valence-electron chi connectivity index (χ0n) is 18.6. The normalized spacial score (nSPS) is 15.2. The Bertz CT molecular complexity index is 1580. The summed E-state index contributed by atoms with van der Waals surface area (Å²) in [5.41, 5.74) is 0.953. The summed E-state index contributed by atoms with van der Waals surface area (Å²) in [5.74, 6) is -1.79. The fourth-order valence-electron chi connectivity index (χ4n) is 3.28. The molecule has 1 aliphatic rings. The molecule has 3 aromatic carbocycles. The van der Waals surface area contributed by atoms with Gasteiger partial charge in [0.2, 0.25) is 0 Å². The van der Waals surface area contributed by atoms with Gasteiger partial charge in [-0.1, -0.05) is 29.3 Å². The molecule has 0 aromatic heterocycles. The minimum atomic E-state index is -4.19. The second-order valence-corrected chi connectivity index (χ2v) is 11.8. The van der Waals surface area contributed by atoms with Crippen LogP contribution in [-0.2, 0) is 19.7 Å². The van der Waals surface area contributed by atoms with Crippen LogP contribution in [0.15, 0.2) is 74.0 Å². The largest absolute Gasteiger partial charge is 0.377 e. The van der Waals surface area contributed by atoms with Crippen molar-refractivity contribution in [2.45, 2.75) is 11.8 Å². The molecule has 1 fully saturated rings. The number of nitrogens with one attached hydrogen (secondary N) is 1. The molecule has 4 rings (SSSR count). The smallest absolute Gasteiger partial charge is 0.339 e. The van der Waals surface area contributed by atoms with E-state index in [-0.39, 0.29) is 30.9 Å². The van der Waals surface area contributed by atoms with Crippen molar-refractivity contribution in [1.82, 2.24) is 5.32 Å². The maximum Gasteiger partial charge on any atom is 0.339 e. The van der Waals surface area contributed by atoms with Gasteiger partial charge in [0.05, 0.1) is 14.6 Å². The SMILES string of the molecule is Cc1ccc(N2C(=O)NC(=O)/C(=C\c3cc(Br)c(OS(=O)(=O)c4ccc(Cl)cc4)c(Br)c3)C2=O)cc1Cl. The van der Waals surface area contributed by atoms with E-state index in [9.17, 15) is 22.8 Å². The highest BCUT2D eigenvalue weighted by molar-refractivity contribution is 9.11. The average Bonchev–Trinajstić information content (AvgIpc) is 2.81. The van der Waals surface area contributed by atoms with Crippen LogP contribution in [0.2, 0.25) is 10.0 Å². The molecule has 3 aromatic rings. The van der Waals surface area contributed by atoms with Crippen LogP contribution in [-0.4, -0.2) is 26.3 Å². The summed E-state index contributed by atoms with van der Waals surface area (Å²) in [5, 5.41) is 2.85. The number of carbonyl (C=O) groups excluding carboxylic acids is 3. The van der Waals surface area contributed by atoms with Crippen LogP contribution in [0.3, 0.4) is 0 Å². The van der Waals surface area contributed by atoms with Gasteiger partial charge < -0.3 is 4.18 Å². The molecule has 1 N–H and O–H groups in total. The molecule has 0 spiro atoms. The highest BCUT2D eigenvalue weighted by Crippen LogP contribution is 2.37. The summed E-state index contributed by atoms with van der Waals surface area (Å²) in [7, 11) is -4.19. The highest BCUT2D eigenvalue weighted by atomic mass is 79.9. The van der Waals surface area contributed by atoms with Gasteiger partial charge in [-0.3, -0.25) is 14.9 Å². The summed E-state index contributed by atoms with van der Waals surface area (Å²) < 4.78 is 31.1. The van der Waals surface area contributed by atoms with E-state index in [1.165, 1.54) is 54.6 Å². The molecule has 0 bridgehead atoms. The fraction of sp³-hybridized carbons (Fsp3) is 0.0417. The predicted molar refractivity (Wildman–Crippen MR) is 146 cm³/mol. The Balaban J connectivity index is 1.67. The molecule has 190 valence electrons. The molecule has 37 heavy (non-hydrogen) atoms. The van der Waals surface area contributed by atoms with Gasteiger partial charge in [0.1, 0.15) is 10.5 Å². The Labute approximate surface area is 238 Å². The van der Waals surface area contributed by atoms with Crippen molar-refractivity contribution in [2.75, 3.05) is 4.90 Å². The summed E-state index contributed by atoms with van der Waals surface area (Å²) in [4.78, 5) is 38.8. The van der Waals surface area contributed by atoms with Gasteiger partial charge in [0.25, 0.3) is 11.8 Å². The summed E-state index contributed by atoms with van der Waals surface area (Å²) in [6.45, 7) is 1.77. The molecule has 0 aliphatic carbocycles. The van der Waals surface area contributed by atoms with Gasteiger partial charge in [-0.25, -0.2) is 9.69 Å². The number of carbonyl (C=O) groups is 3. The molecular formula is C24H14Br2Cl2N2O6S. The molecule has 1 aliphatic heterocycles. The number of barbiturate groups is 1. The molecule has 0 atom stereocenters. The number of urea groups is 1. The van der Waals surface area contributed by atoms with Crippen molar-refractivity contribution in [3.8, 4) is 5.75 Å². The third-order valence-corrected chi connectivity index (χ3v) is 8.22. The first-order chi connectivity index (χ1) is 17.4. The molecule has 1 saturated heterocycles. The molecule has 13 heteroatoms. The van der Waals surface area contributed by atoms with E-state index in [2.05, 4.69) is 37.2 Å². The average molecular weight is 689 g/mol. The van der Waals surface area contributed by atoms with E-state index in [1.807, 2.05) is 0 Å². The number of benzene rings is 3. The number of hydrogen-bond donors (Lipinski definition) is 1. The van der Waals surface area contributed by atoms with E-state index in [1.54, 1.807) is 13.0 Å². The van der Waals surface area contributed by atoms with Crippen LogP contribution in [0.4, 0.5) is 10.5 Å². The Morgan fingerprint density at radius 1 is 0.946 bits per heavy atom. The number of imide groups is 2. The summed E-state index contributed by atoms with van der Waals surface area (Å²) in [6, 6.07) is 12.1. The first-order valence-electron chi connectivity index (χ1n) is 10.2. The van der Waals surface area contributed by atoms with Crippen LogP contribution >= 0.6 is 55.1 Å². The Morgan fingerprint density at radius 2 is 1.57 bits per heavy atom. The number of amides is 4. The topological polar surface area (TPSA) is 110 Å². The Hall–Kier alpha value is -2.70. The molecule has 1 heterocycles. The third-order valence-electron chi connectivity index (χ3n) is 5.14. The van der Waals surface area contributed by atoms with Gasteiger partial charge in [-0.2, -0.15) is 8.42 Å². The van der Waals surface area contributed by atoms with Gasteiger partial charge in [0.15, 0.2) is 5.75 Å². The quantitative estimate of drug-likeness (QED) is 0.193. The zero-order chi connectivity index (χ0) is 27.1. The van der Waals surface area contributed by atoms with Gasteiger partial charge in [-0.15, -0.1) is 0 Å². The second kappa shape index (κ2) is 10.6. The second-order valence-electron chi connectivity index (χ2n) is 7.70. The Morgan fingerprint density at radius 3 is 2.16 bits per heavy atom. The molecular weight excluding hydrogens is 675 g/mol. The highest BCUT2D eigenvalue weighted by Gasteiger charge is 2.37. The maximum atomic E-state index is 13.1. The third kappa shape index (κ3) is 5.75. The Kier molecular flexibility index (Phi) is 7.82. The van der Waals surface area contributed by atoms with Crippen molar-refractivity contribution < 1.29 is 27.0 Å². The van der Waals surface area contributed by atoms with Crippen molar-refractivity contribution in [2.24, 2.45) is 0 Å². The number of rotatable bonds is 5. The fourth-order valence-corrected chi connectivity index (χ4v) is 6.14. The lowest BCUT2D eigenvalue weighted by Crippen LogP contribution is -2.54. The van der Waals surface area contributed by atoms with E-state index >= 15 is 0 Å². The first kappa shape index (κ1) is 27.3. The predicted octanol–water partition coefficient (Wildman–Crippen LogP) is 6.26.